The number of ether oxygens (including phenoxy) is 2. The summed E-state index contributed by atoms with van der Waals surface area (Å²) in [6.45, 7) is 5.79. The molecule has 2 aliphatic rings. The van der Waals surface area contributed by atoms with E-state index < -0.39 is 0 Å². The second-order valence-corrected chi connectivity index (χ2v) is 7.89. The topological polar surface area (TPSA) is 85.6 Å². The van der Waals surface area contributed by atoms with Gasteiger partial charge in [-0.3, -0.25) is 9.69 Å². The van der Waals surface area contributed by atoms with E-state index in [-0.39, 0.29) is 12.7 Å². The van der Waals surface area contributed by atoms with Gasteiger partial charge in [-0.05, 0) is 53.3 Å². The molecule has 9 heteroatoms. The van der Waals surface area contributed by atoms with Crippen LogP contribution in [0.3, 0.4) is 0 Å². The molecule has 1 amide bonds. The van der Waals surface area contributed by atoms with E-state index in [1.54, 1.807) is 10.8 Å². The van der Waals surface area contributed by atoms with Gasteiger partial charge in [0.25, 0.3) is 0 Å². The number of hydrogen-bond acceptors (Lipinski definition) is 7. The summed E-state index contributed by atoms with van der Waals surface area (Å²) in [6.07, 6.45) is 3.43. The Morgan fingerprint density at radius 1 is 1.03 bits per heavy atom. The minimum absolute atomic E-state index is 0.00630. The number of nitrogens with zero attached hydrogens (tertiary/aromatic N) is 6. The molecule has 1 aromatic heterocycles. The van der Waals surface area contributed by atoms with E-state index in [1.807, 2.05) is 53.4 Å². The fourth-order valence-corrected chi connectivity index (χ4v) is 3.81. The Hall–Kier alpha value is -3.72. The molecule has 5 rings (SSSR count). The molecule has 0 bridgehead atoms. The van der Waals surface area contributed by atoms with Crippen LogP contribution in [-0.4, -0.2) is 68.9 Å². The molecule has 0 aliphatic carbocycles. The van der Waals surface area contributed by atoms with Gasteiger partial charge in [0.15, 0.2) is 17.3 Å². The molecule has 3 aromatic rings. The second-order valence-electron chi connectivity index (χ2n) is 7.89. The van der Waals surface area contributed by atoms with Crippen molar-refractivity contribution in [3.05, 3.63) is 65.5 Å². The molecule has 164 valence electrons. The average Bonchev–Trinajstić information content (AvgIpc) is 3.47. The maximum Gasteiger partial charge on any atom is 0.246 e. The number of aromatic nitrogens is 4. The molecule has 0 spiro atoms. The van der Waals surface area contributed by atoms with E-state index in [0.717, 1.165) is 35.9 Å². The molecule has 0 atom stereocenters. The molecule has 0 saturated carbocycles. The van der Waals surface area contributed by atoms with Crippen molar-refractivity contribution in [2.75, 3.05) is 33.0 Å². The van der Waals surface area contributed by atoms with Crippen molar-refractivity contribution in [3.8, 4) is 17.2 Å². The van der Waals surface area contributed by atoms with Crippen LogP contribution in [0.1, 0.15) is 17.0 Å². The van der Waals surface area contributed by atoms with Crippen LogP contribution in [0.15, 0.2) is 48.5 Å². The Kier molecular flexibility index (Phi) is 5.55. The minimum Gasteiger partial charge on any atom is -0.454 e. The van der Waals surface area contributed by atoms with Gasteiger partial charge in [-0.25, -0.2) is 0 Å². The number of hydrogen-bond donors (Lipinski definition) is 0. The number of rotatable bonds is 5. The first kappa shape index (κ1) is 20.2. The van der Waals surface area contributed by atoms with Crippen molar-refractivity contribution in [2.45, 2.75) is 13.5 Å². The largest absolute Gasteiger partial charge is 0.454 e. The Labute approximate surface area is 185 Å². The fraction of sp³-hybridized carbons (Fsp3) is 0.304. The quantitative estimate of drug-likeness (QED) is 0.571. The van der Waals surface area contributed by atoms with Crippen molar-refractivity contribution in [2.24, 2.45) is 0 Å². The van der Waals surface area contributed by atoms with Crippen molar-refractivity contribution in [1.29, 1.82) is 0 Å². The van der Waals surface area contributed by atoms with E-state index in [9.17, 15) is 4.79 Å². The van der Waals surface area contributed by atoms with Crippen LogP contribution in [0.25, 0.3) is 11.8 Å². The summed E-state index contributed by atoms with van der Waals surface area (Å²) in [7, 11) is 0. The molecule has 9 nitrogen and oxygen atoms in total. The number of benzene rings is 2. The monoisotopic (exact) mass is 432 g/mol. The van der Waals surface area contributed by atoms with Crippen LogP contribution < -0.4 is 9.47 Å². The first-order valence-electron chi connectivity index (χ1n) is 10.6. The lowest BCUT2D eigenvalue weighted by molar-refractivity contribution is -0.127. The van der Waals surface area contributed by atoms with Crippen molar-refractivity contribution >= 4 is 12.0 Å². The third kappa shape index (κ3) is 4.33. The standard InChI is InChI=1S/C23H24N6O3/c1-17-2-6-19(7-3-17)29-22(24-25-26-29)15-27-10-12-28(13-11-27)23(30)9-5-18-4-8-20-21(14-18)32-16-31-20/h2-9,14H,10-13,15-16H2,1H3/b9-5-. The van der Waals surface area contributed by atoms with E-state index in [4.69, 9.17) is 9.47 Å². The molecule has 32 heavy (non-hydrogen) atoms. The predicted octanol–water partition coefficient (Wildman–Crippen LogP) is 2.06. The maximum atomic E-state index is 12.6. The van der Waals surface area contributed by atoms with Gasteiger partial charge < -0.3 is 14.4 Å². The number of piperazine rings is 1. The molecule has 0 N–H and O–H groups in total. The smallest absolute Gasteiger partial charge is 0.246 e. The zero-order chi connectivity index (χ0) is 21.9. The summed E-state index contributed by atoms with van der Waals surface area (Å²) >= 11 is 0. The molecule has 1 fully saturated rings. The number of fused-ring (bicyclic) bond motifs is 1. The third-order valence-corrected chi connectivity index (χ3v) is 5.68. The van der Waals surface area contributed by atoms with Crippen LogP contribution in [0.2, 0.25) is 0 Å². The van der Waals surface area contributed by atoms with Crippen molar-refractivity contribution in [3.63, 3.8) is 0 Å². The number of amides is 1. The van der Waals surface area contributed by atoms with Crippen LogP contribution >= 0.6 is 0 Å². The number of carbonyl (C=O) groups excluding carboxylic acids is 1. The van der Waals surface area contributed by atoms with Crippen LogP contribution in [0.5, 0.6) is 11.5 Å². The van der Waals surface area contributed by atoms with Gasteiger partial charge >= 0.3 is 0 Å². The lowest BCUT2D eigenvalue weighted by atomic mass is 10.2. The Balaban J connectivity index is 1.16. The number of aryl methyl sites for hydroxylation is 1. The van der Waals surface area contributed by atoms with E-state index in [0.29, 0.717) is 25.4 Å². The van der Waals surface area contributed by atoms with E-state index in [2.05, 4.69) is 27.3 Å². The summed E-state index contributed by atoms with van der Waals surface area (Å²) in [5, 5.41) is 12.2. The molecule has 2 aliphatic heterocycles. The highest BCUT2D eigenvalue weighted by Crippen LogP contribution is 2.32. The molecule has 1 saturated heterocycles. The molecule has 0 unspecified atom stereocenters. The number of tetrazole rings is 1. The zero-order valence-corrected chi connectivity index (χ0v) is 17.8. The van der Waals surface area contributed by atoms with Crippen LogP contribution in [0.4, 0.5) is 0 Å². The van der Waals surface area contributed by atoms with Crippen molar-refractivity contribution < 1.29 is 14.3 Å². The predicted molar refractivity (Wildman–Crippen MR) is 117 cm³/mol. The summed E-state index contributed by atoms with van der Waals surface area (Å²) in [6, 6.07) is 13.8. The SMILES string of the molecule is Cc1ccc(-n2nnnc2CN2CCN(C(=O)/C=C\c3ccc4c(c3)OCO4)CC2)cc1. The average molecular weight is 432 g/mol. The Bertz CT molecular complexity index is 1130. The molecular formula is C23H24N6O3. The zero-order valence-electron chi connectivity index (χ0n) is 17.8. The summed E-state index contributed by atoms with van der Waals surface area (Å²) < 4.78 is 12.5. The third-order valence-electron chi connectivity index (χ3n) is 5.68. The first-order valence-corrected chi connectivity index (χ1v) is 10.6. The van der Waals surface area contributed by atoms with Gasteiger partial charge in [-0.1, -0.05) is 23.8 Å². The van der Waals surface area contributed by atoms with Gasteiger partial charge in [-0.2, -0.15) is 4.68 Å². The summed E-state index contributed by atoms with van der Waals surface area (Å²) in [4.78, 5) is 16.8. The second kappa shape index (κ2) is 8.80. The number of carbonyl (C=O) groups is 1. The molecule has 2 aromatic carbocycles. The lowest BCUT2D eigenvalue weighted by Gasteiger charge is -2.33. The van der Waals surface area contributed by atoms with Gasteiger partial charge in [0, 0.05) is 32.3 Å². The Morgan fingerprint density at radius 3 is 2.62 bits per heavy atom. The normalized spacial score (nSPS) is 16.1. The molecule has 3 heterocycles. The maximum absolute atomic E-state index is 12.6. The van der Waals surface area contributed by atoms with Gasteiger partial charge in [0.2, 0.25) is 12.7 Å². The van der Waals surface area contributed by atoms with Crippen molar-refractivity contribution in [1.82, 2.24) is 30.0 Å². The molecule has 0 radical (unpaired) electrons. The van der Waals surface area contributed by atoms with Crippen LogP contribution in [-0.2, 0) is 11.3 Å². The van der Waals surface area contributed by atoms with E-state index >= 15 is 0 Å². The highest BCUT2D eigenvalue weighted by atomic mass is 16.7. The van der Waals surface area contributed by atoms with Gasteiger partial charge in [0.1, 0.15) is 0 Å². The van der Waals surface area contributed by atoms with E-state index in [1.165, 1.54) is 5.56 Å². The Morgan fingerprint density at radius 2 is 1.81 bits per heavy atom. The highest BCUT2D eigenvalue weighted by molar-refractivity contribution is 5.92. The van der Waals surface area contributed by atoms with Gasteiger partial charge in [-0.15, -0.1) is 5.10 Å². The summed E-state index contributed by atoms with van der Waals surface area (Å²) in [5.41, 5.74) is 3.04. The first-order chi connectivity index (χ1) is 15.7. The molecular weight excluding hydrogens is 408 g/mol. The lowest BCUT2D eigenvalue weighted by Crippen LogP contribution is -2.48. The highest BCUT2D eigenvalue weighted by Gasteiger charge is 2.22. The fourth-order valence-electron chi connectivity index (χ4n) is 3.81. The van der Waals surface area contributed by atoms with Gasteiger partial charge in [0.05, 0.1) is 12.2 Å². The minimum atomic E-state index is 0.00630. The van der Waals surface area contributed by atoms with Crippen LogP contribution in [0, 0.1) is 6.92 Å². The summed E-state index contributed by atoms with van der Waals surface area (Å²) in [5.74, 6) is 2.24.